The Hall–Kier alpha value is -3.55. The van der Waals surface area contributed by atoms with E-state index >= 15 is 0 Å². The highest BCUT2D eigenvalue weighted by Crippen LogP contribution is 2.46. The van der Waals surface area contributed by atoms with E-state index in [2.05, 4.69) is 10.1 Å². The third-order valence-electron chi connectivity index (χ3n) is 6.89. The monoisotopic (exact) mass is 550 g/mol. The van der Waals surface area contributed by atoms with Gasteiger partial charge in [-0.25, -0.2) is 9.78 Å². The highest BCUT2D eigenvalue weighted by Gasteiger charge is 2.34. The average molecular weight is 551 g/mol. The van der Waals surface area contributed by atoms with Gasteiger partial charge in [0, 0.05) is 29.3 Å². The molecule has 38 heavy (non-hydrogen) atoms. The van der Waals surface area contributed by atoms with Crippen molar-refractivity contribution in [1.29, 1.82) is 0 Å². The van der Waals surface area contributed by atoms with Crippen molar-refractivity contribution < 1.29 is 23.5 Å². The molecule has 1 atom stereocenters. The Morgan fingerprint density at radius 1 is 1.08 bits per heavy atom. The summed E-state index contributed by atoms with van der Waals surface area (Å²) in [5.41, 5.74) is 4.55. The summed E-state index contributed by atoms with van der Waals surface area (Å²) in [5.74, 6) is 2.04. The van der Waals surface area contributed by atoms with Gasteiger partial charge in [-0.2, -0.15) is 0 Å². The molecule has 0 bridgehead atoms. The van der Waals surface area contributed by atoms with Crippen molar-refractivity contribution in [3.05, 3.63) is 92.8 Å². The number of aromatic nitrogens is 2. The van der Waals surface area contributed by atoms with Crippen molar-refractivity contribution in [2.24, 2.45) is 0 Å². The Morgan fingerprint density at radius 2 is 1.89 bits per heavy atom. The fourth-order valence-electron chi connectivity index (χ4n) is 4.73. The zero-order chi connectivity index (χ0) is 26.2. The number of hydrogen-bond acceptors (Lipinski definition) is 7. The summed E-state index contributed by atoms with van der Waals surface area (Å²) in [6.07, 6.45) is 5.30. The molecule has 2 aromatic heterocycles. The van der Waals surface area contributed by atoms with Gasteiger partial charge >= 0.3 is 5.97 Å². The van der Waals surface area contributed by atoms with Crippen LogP contribution in [0.3, 0.4) is 0 Å². The number of nitrogens with zero attached hydrogens (tertiary/aromatic N) is 2. The Balaban J connectivity index is 1.17. The van der Waals surface area contributed by atoms with E-state index in [4.69, 9.17) is 41.9 Å². The highest BCUT2D eigenvalue weighted by molar-refractivity contribution is 6.39. The van der Waals surface area contributed by atoms with Gasteiger partial charge in [0.25, 0.3) is 0 Å². The number of rotatable bonds is 7. The van der Waals surface area contributed by atoms with Crippen LogP contribution in [0.4, 0.5) is 0 Å². The predicted molar refractivity (Wildman–Crippen MR) is 142 cm³/mol. The molecular weight excluding hydrogens is 527 g/mol. The van der Waals surface area contributed by atoms with Crippen LogP contribution in [0.15, 0.2) is 59.3 Å². The van der Waals surface area contributed by atoms with Crippen molar-refractivity contribution in [1.82, 2.24) is 10.1 Å². The number of aryl methyl sites for hydroxylation is 1. The van der Waals surface area contributed by atoms with E-state index in [1.54, 1.807) is 30.5 Å². The van der Waals surface area contributed by atoms with Crippen LogP contribution in [-0.2, 0) is 17.8 Å². The number of pyridine rings is 1. The molecule has 4 aromatic rings. The molecule has 1 saturated carbocycles. The molecule has 0 saturated heterocycles. The third kappa shape index (κ3) is 4.84. The van der Waals surface area contributed by atoms with E-state index in [0.29, 0.717) is 38.7 Å². The minimum Gasteiger partial charge on any atom is -0.485 e. The average Bonchev–Trinajstić information content (AvgIpc) is 3.71. The first-order valence-corrected chi connectivity index (χ1v) is 13.2. The van der Waals surface area contributed by atoms with E-state index in [1.165, 1.54) is 7.11 Å². The topological polar surface area (TPSA) is 83.7 Å². The Kier molecular flexibility index (Phi) is 6.72. The molecule has 0 amide bonds. The van der Waals surface area contributed by atoms with Crippen molar-refractivity contribution in [2.45, 2.75) is 44.3 Å². The van der Waals surface area contributed by atoms with Crippen LogP contribution >= 0.6 is 23.2 Å². The third-order valence-corrected chi connectivity index (χ3v) is 7.52. The number of ether oxygens (including phenoxy) is 3. The van der Waals surface area contributed by atoms with E-state index in [9.17, 15) is 4.79 Å². The van der Waals surface area contributed by atoms with Crippen molar-refractivity contribution in [3.8, 4) is 22.9 Å². The van der Waals surface area contributed by atoms with E-state index in [-0.39, 0.29) is 18.7 Å². The number of benzene rings is 2. The first-order chi connectivity index (χ1) is 18.5. The zero-order valence-corrected chi connectivity index (χ0v) is 22.1. The van der Waals surface area contributed by atoms with Crippen LogP contribution in [0.1, 0.15) is 64.1 Å². The van der Waals surface area contributed by atoms with Gasteiger partial charge in [0.15, 0.2) is 0 Å². The minimum atomic E-state index is -0.354. The Bertz CT molecular complexity index is 1480. The molecule has 194 valence electrons. The second kappa shape index (κ2) is 10.3. The SMILES string of the molecule is COC(=O)c1ccc2c(c1)CCC(c1ccc(OCc3c(-c4c(Cl)cccc4Cl)noc3C3CC3)nc1)O2. The summed E-state index contributed by atoms with van der Waals surface area (Å²) in [6.45, 7) is 0.231. The number of methoxy groups -OCH3 is 1. The lowest BCUT2D eigenvalue weighted by Crippen LogP contribution is -2.16. The summed E-state index contributed by atoms with van der Waals surface area (Å²) in [6, 6.07) is 14.5. The summed E-state index contributed by atoms with van der Waals surface area (Å²) in [7, 11) is 1.38. The van der Waals surface area contributed by atoms with Gasteiger partial charge in [-0.3, -0.25) is 0 Å². The lowest BCUT2D eigenvalue weighted by molar-refractivity contribution is 0.0600. The number of carbonyl (C=O) groups excluding carboxylic acids is 1. The molecule has 1 fully saturated rings. The fraction of sp³-hybridized carbons (Fsp3) is 0.276. The summed E-state index contributed by atoms with van der Waals surface area (Å²) in [4.78, 5) is 16.3. The number of esters is 1. The molecular formula is C29H24Cl2N2O5. The van der Waals surface area contributed by atoms with Crippen LogP contribution in [-0.4, -0.2) is 23.2 Å². The molecule has 1 aliphatic heterocycles. The number of carbonyl (C=O) groups is 1. The van der Waals surface area contributed by atoms with Gasteiger partial charge < -0.3 is 18.7 Å². The number of halogens is 2. The molecule has 9 heteroatoms. The van der Waals surface area contributed by atoms with Gasteiger partial charge in [-0.15, -0.1) is 0 Å². The molecule has 1 unspecified atom stereocenters. The minimum absolute atomic E-state index is 0.137. The molecule has 2 aromatic carbocycles. The predicted octanol–water partition coefficient (Wildman–Crippen LogP) is 7.35. The Morgan fingerprint density at radius 3 is 2.61 bits per heavy atom. The van der Waals surface area contributed by atoms with Gasteiger partial charge in [-0.1, -0.05) is 34.4 Å². The maximum atomic E-state index is 11.8. The van der Waals surface area contributed by atoms with Gasteiger partial charge in [0.05, 0.1) is 28.3 Å². The molecule has 2 aliphatic rings. The number of hydrogen-bond donors (Lipinski definition) is 0. The van der Waals surface area contributed by atoms with Crippen LogP contribution < -0.4 is 9.47 Å². The van der Waals surface area contributed by atoms with Crippen LogP contribution in [0, 0.1) is 0 Å². The number of fused-ring (bicyclic) bond motifs is 1. The van der Waals surface area contributed by atoms with E-state index < -0.39 is 0 Å². The quantitative estimate of drug-likeness (QED) is 0.222. The zero-order valence-electron chi connectivity index (χ0n) is 20.6. The molecule has 7 nitrogen and oxygen atoms in total. The van der Waals surface area contributed by atoms with Gasteiger partial charge in [0.2, 0.25) is 5.88 Å². The maximum Gasteiger partial charge on any atom is 0.337 e. The van der Waals surface area contributed by atoms with E-state index in [1.807, 2.05) is 24.3 Å². The second-order valence-corrected chi connectivity index (χ2v) is 10.2. The van der Waals surface area contributed by atoms with Crippen molar-refractivity contribution in [3.63, 3.8) is 0 Å². The normalized spacial score (nSPS) is 16.4. The summed E-state index contributed by atoms with van der Waals surface area (Å²) in [5, 5.41) is 5.32. The smallest absolute Gasteiger partial charge is 0.337 e. The largest absolute Gasteiger partial charge is 0.485 e. The molecule has 0 spiro atoms. The second-order valence-electron chi connectivity index (χ2n) is 9.42. The van der Waals surface area contributed by atoms with E-state index in [0.717, 1.165) is 53.9 Å². The van der Waals surface area contributed by atoms with Crippen molar-refractivity contribution >= 4 is 29.2 Å². The summed E-state index contributed by atoms with van der Waals surface area (Å²) < 4.78 is 22.8. The summed E-state index contributed by atoms with van der Waals surface area (Å²) >= 11 is 12.9. The van der Waals surface area contributed by atoms with Crippen LogP contribution in [0.25, 0.3) is 11.3 Å². The molecule has 1 aliphatic carbocycles. The molecule has 3 heterocycles. The first kappa shape index (κ1) is 24.8. The lowest BCUT2D eigenvalue weighted by Gasteiger charge is -2.26. The van der Waals surface area contributed by atoms with Gasteiger partial charge in [-0.05, 0) is 67.6 Å². The highest BCUT2D eigenvalue weighted by atomic mass is 35.5. The van der Waals surface area contributed by atoms with Crippen molar-refractivity contribution in [2.75, 3.05) is 7.11 Å². The molecule has 0 radical (unpaired) electrons. The first-order valence-electron chi connectivity index (χ1n) is 12.4. The standard InChI is InChI=1S/C29H24Cl2N2O5/c1-35-29(34)18-8-11-23-17(13-18)7-10-24(37-23)19-9-12-25(32-14-19)36-15-20-27(33-38-28(20)16-5-6-16)26-21(30)3-2-4-22(26)31/h2-4,8-9,11-14,16,24H,5-7,10,15H2,1H3. The Labute approximate surface area is 229 Å². The fourth-order valence-corrected chi connectivity index (χ4v) is 5.31. The molecule has 6 rings (SSSR count). The molecule has 0 N–H and O–H groups in total. The van der Waals surface area contributed by atoms with Gasteiger partial charge in [0.1, 0.15) is 29.9 Å². The maximum absolute atomic E-state index is 11.8. The lowest BCUT2D eigenvalue weighted by atomic mass is 9.97. The van der Waals surface area contributed by atoms with Crippen LogP contribution in [0.2, 0.25) is 10.0 Å². The van der Waals surface area contributed by atoms with Crippen LogP contribution in [0.5, 0.6) is 11.6 Å².